The van der Waals surface area contributed by atoms with Crippen LogP contribution >= 0.6 is 0 Å². The van der Waals surface area contributed by atoms with Gasteiger partial charge in [-0.1, -0.05) is 114 Å². The average molecular weight is 739 g/mol. The van der Waals surface area contributed by atoms with Gasteiger partial charge in [-0.05, 0) is 102 Å². The van der Waals surface area contributed by atoms with E-state index in [0.717, 1.165) is 85.5 Å². The minimum atomic E-state index is -0.280. The minimum absolute atomic E-state index is 0.183. The lowest BCUT2D eigenvalue weighted by Gasteiger charge is -2.29. The largest absolute Gasteiger partial charge is 0.396 e. The Bertz CT molecular complexity index is 2110. The van der Waals surface area contributed by atoms with Crippen molar-refractivity contribution in [3.63, 3.8) is 0 Å². The standard InChI is InChI=1S/C47H58N6O2/c1-33-17-18-36(29-34-15-9-8-10-16-34)31-38(33)30-35-19-21-37(22-20-35)44-49-45-42(43(47(5,6)7)50-53(45)51-44)48-41-24-23-39(32-40(41)46(2,3)4)52(25-11-13-27-54)26-12-14-28-55/h8-10,15-24,31-32,54-55H,11-14,25-30H2,1-7H3. The number of aromatic nitrogens is 3. The second-order valence-electron chi connectivity index (χ2n) is 16.9. The van der Waals surface area contributed by atoms with Crippen LogP contribution in [0.1, 0.15) is 106 Å². The quantitative estimate of drug-likeness (QED) is 0.104. The maximum atomic E-state index is 9.43. The highest BCUT2D eigenvalue weighted by molar-refractivity contribution is 6.50. The Kier molecular flexibility index (Phi) is 12.5. The normalized spacial score (nSPS) is 13.7. The molecule has 0 saturated heterocycles. The Labute approximate surface area is 327 Å². The molecule has 0 bridgehead atoms. The number of hydrogen-bond donors (Lipinski definition) is 2. The Morgan fingerprint density at radius 3 is 1.98 bits per heavy atom. The number of benzene rings is 4. The first-order valence-electron chi connectivity index (χ1n) is 19.8. The highest BCUT2D eigenvalue weighted by Gasteiger charge is 2.35. The lowest BCUT2D eigenvalue weighted by Crippen LogP contribution is -2.28. The van der Waals surface area contributed by atoms with Gasteiger partial charge in [0.25, 0.3) is 0 Å². The Morgan fingerprint density at radius 2 is 1.35 bits per heavy atom. The molecule has 0 saturated carbocycles. The van der Waals surface area contributed by atoms with Crippen LogP contribution in [0.25, 0.3) is 11.4 Å². The summed E-state index contributed by atoms with van der Waals surface area (Å²) >= 11 is 0. The maximum Gasteiger partial charge on any atom is 0.204 e. The first-order chi connectivity index (χ1) is 26.3. The molecule has 2 heterocycles. The molecule has 6 rings (SSSR count). The molecule has 1 aliphatic heterocycles. The Balaban J connectivity index is 1.28. The van der Waals surface area contributed by atoms with Crippen LogP contribution in [0.3, 0.4) is 0 Å². The molecule has 4 aromatic carbocycles. The van der Waals surface area contributed by atoms with E-state index >= 15 is 0 Å². The molecule has 0 radical (unpaired) electrons. The molecule has 8 nitrogen and oxygen atoms in total. The molecule has 288 valence electrons. The van der Waals surface area contributed by atoms with E-state index in [1.807, 2.05) is 0 Å². The van der Waals surface area contributed by atoms with Gasteiger partial charge in [0, 0.05) is 43.0 Å². The van der Waals surface area contributed by atoms with Gasteiger partial charge < -0.3 is 15.1 Å². The van der Waals surface area contributed by atoms with E-state index in [0.29, 0.717) is 11.6 Å². The highest BCUT2D eigenvalue weighted by atomic mass is 16.3. The van der Waals surface area contributed by atoms with Crippen molar-refractivity contribution in [1.29, 1.82) is 0 Å². The summed E-state index contributed by atoms with van der Waals surface area (Å²) in [6, 6.07) is 32.5. The number of rotatable bonds is 15. The first-order valence-corrected chi connectivity index (χ1v) is 19.8. The number of aliphatic imine (C=N–C) groups is 1. The summed E-state index contributed by atoms with van der Waals surface area (Å²) in [6.45, 7) is 17.4. The third-order valence-corrected chi connectivity index (χ3v) is 10.3. The third-order valence-electron chi connectivity index (χ3n) is 10.3. The Hall–Kier alpha value is -4.92. The van der Waals surface area contributed by atoms with Gasteiger partial charge in [-0.15, -0.1) is 9.89 Å². The van der Waals surface area contributed by atoms with Crippen LogP contribution in [0.4, 0.5) is 11.4 Å². The summed E-state index contributed by atoms with van der Waals surface area (Å²) in [5.74, 6) is 1.27. The zero-order chi connectivity index (χ0) is 39.2. The van der Waals surface area contributed by atoms with Gasteiger partial charge >= 0.3 is 0 Å². The van der Waals surface area contributed by atoms with E-state index in [2.05, 4.69) is 144 Å². The van der Waals surface area contributed by atoms with Gasteiger partial charge in [0.1, 0.15) is 5.71 Å². The lowest BCUT2D eigenvalue weighted by atomic mass is 9.84. The molecule has 0 atom stereocenters. The predicted molar refractivity (Wildman–Crippen MR) is 227 cm³/mol. The van der Waals surface area contributed by atoms with Crippen LogP contribution in [0.5, 0.6) is 0 Å². The minimum Gasteiger partial charge on any atom is -0.396 e. The van der Waals surface area contributed by atoms with Crippen molar-refractivity contribution in [2.75, 3.05) is 31.2 Å². The van der Waals surface area contributed by atoms with Crippen LogP contribution < -0.4 is 4.90 Å². The Morgan fingerprint density at radius 1 is 0.691 bits per heavy atom. The molecule has 0 fully saturated rings. The van der Waals surface area contributed by atoms with Crippen LogP contribution in [0.2, 0.25) is 0 Å². The highest BCUT2D eigenvalue weighted by Crippen LogP contribution is 2.37. The van der Waals surface area contributed by atoms with Gasteiger partial charge in [-0.25, -0.2) is 9.98 Å². The van der Waals surface area contributed by atoms with E-state index in [1.54, 1.807) is 4.79 Å². The lowest BCUT2D eigenvalue weighted by molar-refractivity contribution is 0.282. The monoisotopic (exact) mass is 738 g/mol. The van der Waals surface area contributed by atoms with Crippen molar-refractivity contribution in [1.82, 2.24) is 14.9 Å². The fourth-order valence-corrected chi connectivity index (χ4v) is 7.09. The fraction of sp³-hybridized carbons (Fsp3) is 0.404. The first kappa shape index (κ1) is 39.8. The molecule has 0 amide bonds. The van der Waals surface area contributed by atoms with Gasteiger partial charge in [0.15, 0.2) is 5.82 Å². The molecular weight excluding hydrogens is 681 g/mol. The van der Waals surface area contributed by atoms with E-state index < -0.39 is 0 Å². The number of hydrogen-bond acceptors (Lipinski definition) is 7. The van der Waals surface area contributed by atoms with Crippen molar-refractivity contribution in [3.8, 4) is 11.4 Å². The number of fused-ring (bicyclic) bond motifs is 1. The summed E-state index contributed by atoms with van der Waals surface area (Å²) < 4.78 is 0. The maximum absolute atomic E-state index is 9.43. The number of unbranched alkanes of at least 4 members (excludes halogenated alkanes) is 2. The summed E-state index contributed by atoms with van der Waals surface area (Å²) in [7, 11) is 0. The molecule has 1 aromatic heterocycles. The van der Waals surface area contributed by atoms with Crippen LogP contribution in [-0.4, -0.2) is 62.8 Å². The van der Waals surface area contributed by atoms with E-state index in [9.17, 15) is 10.2 Å². The summed E-state index contributed by atoms with van der Waals surface area (Å²) in [5, 5.41) is 28.7. The van der Waals surface area contributed by atoms with Gasteiger partial charge in [-0.3, -0.25) is 0 Å². The van der Waals surface area contributed by atoms with Crippen LogP contribution in [0, 0.1) is 12.3 Å². The van der Waals surface area contributed by atoms with Crippen molar-refractivity contribution in [3.05, 3.63) is 130 Å². The zero-order valence-electron chi connectivity index (χ0n) is 33.8. The number of aliphatic hydroxyl groups excluding tert-OH is 2. The summed E-state index contributed by atoms with van der Waals surface area (Å²) in [4.78, 5) is 14.4. The van der Waals surface area contributed by atoms with E-state index in [-0.39, 0.29) is 24.0 Å². The molecule has 55 heavy (non-hydrogen) atoms. The van der Waals surface area contributed by atoms with Crippen LogP contribution in [-0.2, 0) is 18.3 Å². The number of aliphatic hydroxyl groups is 2. The molecule has 0 aliphatic carbocycles. The van der Waals surface area contributed by atoms with E-state index in [1.165, 1.54) is 27.8 Å². The molecule has 2 N–H and O–H groups in total. The molecule has 0 spiro atoms. The predicted octanol–water partition coefficient (Wildman–Crippen LogP) is 9.47. The smallest absolute Gasteiger partial charge is 0.204 e. The molecule has 0 unspecified atom stereocenters. The van der Waals surface area contributed by atoms with E-state index in [4.69, 9.17) is 20.2 Å². The van der Waals surface area contributed by atoms with Crippen LogP contribution in [0.15, 0.2) is 101 Å². The second-order valence-corrected chi connectivity index (χ2v) is 16.9. The second kappa shape index (κ2) is 17.3. The van der Waals surface area contributed by atoms with Crippen molar-refractivity contribution in [2.24, 2.45) is 15.5 Å². The van der Waals surface area contributed by atoms with Crippen molar-refractivity contribution >= 4 is 22.8 Å². The molecule has 8 heteroatoms. The average Bonchev–Trinajstić information content (AvgIpc) is 3.72. The van der Waals surface area contributed by atoms with Gasteiger partial charge in [-0.2, -0.15) is 5.10 Å². The number of anilines is 1. The molecule has 5 aromatic rings. The molecule has 1 aliphatic rings. The fourth-order valence-electron chi connectivity index (χ4n) is 7.09. The third kappa shape index (κ3) is 9.85. The SMILES string of the molecule is Cc1ccc(Cc2ccccc2)cc1Cc1ccc(-c2nc3n(n2)N=C(C(C)(C)C)C3=Nc2ccc(N(CCCCO)CCCCO)cc2C(C)(C)C)cc1. The summed E-state index contributed by atoms with van der Waals surface area (Å²) in [6.07, 6.45) is 5.11. The molecular formula is C47H58N6O2. The van der Waals surface area contributed by atoms with Gasteiger partial charge in [0.2, 0.25) is 5.82 Å². The topological polar surface area (TPSA) is 99.1 Å². The number of nitrogens with zero attached hydrogens (tertiary/aromatic N) is 6. The van der Waals surface area contributed by atoms with Crippen molar-refractivity contribution in [2.45, 2.75) is 92.4 Å². The number of aryl methyl sites for hydroxylation is 1. The van der Waals surface area contributed by atoms with Gasteiger partial charge in [0.05, 0.1) is 11.4 Å². The van der Waals surface area contributed by atoms with Crippen molar-refractivity contribution < 1.29 is 10.2 Å². The summed E-state index contributed by atoms with van der Waals surface area (Å²) in [5.41, 5.74) is 11.7. The zero-order valence-corrected chi connectivity index (χ0v) is 33.8.